The molecule has 0 saturated heterocycles. The van der Waals surface area contributed by atoms with E-state index < -0.39 is 0 Å². The van der Waals surface area contributed by atoms with E-state index in [0.29, 0.717) is 0 Å². The van der Waals surface area contributed by atoms with Crippen molar-refractivity contribution in [1.29, 1.82) is 0 Å². The van der Waals surface area contributed by atoms with Gasteiger partial charge in [0.1, 0.15) is 22.3 Å². The lowest BCUT2D eigenvalue weighted by Crippen LogP contribution is -2.59. The van der Waals surface area contributed by atoms with Crippen LogP contribution in [0, 0.1) is 34.6 Å². The molecule has 13 aromatic rings. The molecule has 2 aromatic heterocycles. The molecule has 0 N–H and O–H groups in total. The van der Waals surface area contributed by atoms with E-state index >= 15 is 0 Å². The third-order valence-electron chi connectivity index (χ3n) is 15.3. The number of nitrogens with zero attached hydrogens (tertiary/aromatic N) is 2. The molecule has 0 amide bonds. The first kappa shape index (κ1) is 37.9. The quantitative estimate of drug-likeness (QED) is 0.162. The van der Waals surface area contributed by atoms with Crippen molar-refractivity contribution in [3.8, 4) is 0 Å². The Morgan fingerprint density at radius 1 is 0.338 bits per heavy atom. The SMILES string of the molecule is Cc1cc(C)c(B2c3cc4oc5cc6cc(C)ccc6cc5c4cc3N3c4cc5ccccc5cc4N(c4ccc5oc6cc7cc(C)ccc7cc6c5c4)c4cc5ccccc5c2c43)c(C)c1. The number of hydrogen-bond donors (Lipinski definition) is 0. The van der Waals surface area contributed by atoms with Gasteiger partial charge in [-0.1, -0.05) is 130 Å². The molecule has 0 bridgehead atoms. The van der Waals surface area contributed by atoms with E-state index in [0.717, 1.165) is 66.6 Å². The molecule has 0 aliphatic carbocycles. The molecule has 0 unspecified atom stereocenters. The number of rotatable bonds is 2. The van der Waals surface area contributed by atoms with E-state index in [4.69, 9.17) is 8.83 Å². The Hall–Kier alpha value is -8.28. The van der Waals surface area contributed by atoms with E-state index in [2.05, 4.69) is 214 Å². The minimum Gasteiger partial charge on any atom is -0.456 e. The van der Waals surface area contributed by atoms with E-state index in [1.54, 1.807) is 0 Å². The van der Waals surface area contributed by atoms with Gasteiger partial charge < -0.3 is 18.6 Å². The monoisotopic (exact) mass is 870 g/mol. The van der Waals surface area contributed by atoms with Crippen LogP contribution in [0.5, 0.6) is 0 Å². The van der Waals surface area contributed by atoms with E-state index in [1.807, 2.05) is 0 Å². The maximum atomic E-state index is 6.97. The molecule has 2 aliphatic heterocycles. The Labute approximate surface area is 393 Å². The second kappa shape index (κ2) is 13.4. The van der Waals surface area contributed by atoms with Gasteiger partial charge in [-0.05, 0) is 161 Å². The Kier molecular flexibility index (Phi) is 7.48. The lowest BCUT2D eigenvalue weighted by Gasteiger charge is -2.46. The van der Waals surface area contributed by atoms with E-state index in [1.165, 1.54) is 98.7 Å². The molecular weight excluding hydrogens is 828 g/mol. The molecule has 0 spiro atoms. The summed E-state index contributed by atoms with van der Waals surface area (Å²) in [6.07, 6.45) is 0. The molecule has 0 saturated carbocycles. The van der Waals surface area contributed by atoms with Gasteiger partial charge in [-0.2, -0.15) is 0 Å². The first-order valence-corrected chi connectivity index (χ1v) is 23.7. The summed E-state index contributed by atoms with van der Waals surface area (Å²) in [7, 11) is 0. The fraction of sp³-hybridized carbons (Fsp3) is 0.0794. The van der Waals surface area contributed by atoms with Gasteiger partial charge in [0, 0.05) is 32.9 Å². The van der Waals surface area contributed by atoms with Gasteiger partial charge in [0.05, 0.1) is 22.7 Å². The van der Waals surface area contributed by atoms with Crippen LogP contribution in [-0.2, 0) is 0 Å². The average Bonchev–Trinajstić information content (AvgIpc) is 3.87. The summed E-state index contributed by atoms with van der Waals surface area (Å²) in [5, 5.41) is 14.1. The van der Waals surface area contributed by atoms with Crippen molar-refractivity contribution in [2.75, 3.05) is 9.80 Å². The normalized spacial score (nSPS) is 13.3. The van der Waals surface area contributed by atoms with Crippen LogP contribution in [-0.4, -0.2) is 6.71 Å². The van der Waals surface area contributed by atoms with Gasteiger partial charge in [-0.3, -0.25) is 0 Å². The van der Waals surface area contributed by atoms with Crippen molar-refractivity contribution in [3.05, 3.63) is 198 Å². The van der Waals surface area contributed by atoms with Gasteiger partial charge in [0.2, 0.25) is 6.71 Å². The number of furan rings is 2. The lowest BCUT2D eigenvalue weighted by molar-refractivity contribution is 0.669. The van der Waals surface area contributed by atoms with Gasteiger partial charge in [-0.25, -0.2) is 0 Å². The molecule has 4 nitrogen and oxygen atoms in total. The molecule has 0 radical (unpaired) electrons. The Morgan fingerprint density at radius 2 is 0.882 bits per heavy atom. The van der Waals surface area contributed by atoms with Crippen molar-refractivity contribution < 1.29 is 8.83 Å². The molecule has 0 fully saturated rings. The predicted octanol–water partition coefficient (Wildman–Crippen LogP) is 15.7. The van der Waals surface area contributed by atoms with Crippen molar-refractivity contribution in [1.82, 2.24) is 0 Å². The molecular formula is C63H43BN2O2. The van der Waals surface area contributed by atoms with Crippen molar-refractivity contribution >= 4 is 144 Å². The smallest absolute Gasteiger partial charge is 0.248 e. The summed E-state index contributed by atoms with van der Waals surface area (Å²) >= 11 is 0. The molecule has 0 atom stereocenters. The van der Waals surface area contributed by atoms with Crippen LogP contribution in [0.1, 0.15) is 27.8 Å². The van der Waals surface area contributed by atoms with E-state index in [9.17, 15) is 0 Å². The van der Waals surface area contributed by atoms with Crippen LogP contribution in [0.3, 0.4) is 0 Å². The fourth-order valence-corrected chi connectivity index (χ4v) is 12.4. The summed E-state index contributed by atoms with van der Waals surface area (Å²) in [5.74, 6) is 0. The van der Waals surface area contributed by atoms with Crippen molar-refractivity contribution in [2.24, 2.45) is 0 Å². The Balaban J connectivity index is 1.08. The predicted molar refractivity (Wildman–Crippen MR) is 289 cm³/mol. The fourth-order valence-electron chi connectivity index (χ4n) is 12.4. The molecule has 320 valence electrons. The first-order chi connectivity index (χ1) is 33.2. The largest absolute Gasteiger partial charge is 0.456 e. The van der Waals surface area contributed by atoms with Crippen LogP contribution >= 0.6 is 0 Å². The summed E-state index contributed by atoms with van der Waals surface area (Å²) < 4.78 is 13.6. The highest BCUT2D eigenvalue weighted by Gasteiger charge is 2.44. The van der Waals surface area contributed by atoms with E-state index in [-0.39, 0.29) is 6.71 Å². The number of aryl methyl sites for hydroxylation is 5. The highest BCUT2D eigenvalue weighted by Crippen LogP contribution is 2.57. The third kappa shape index (κ3) is 5.21. The molecule has 68 heavy (non-hydrogen) atoms. The summed E-state index contributed by atoms with van der Waals surface area (Å²) in [4.78, 5) is 5.13. The van der Waals surface area contributed by atoms with Crippen LogP contribution in [0.2, 0.25) is 0 Å². The highest BCUT2D eigenvalue weighted by atomic mass is 16.3. The van der Waals surface area contributed by atoms with Gasteiger partial charge in [0.15, 0.2) is 0 Å². The van der Waals surface area contributed by atoms with Gasteiger partial charge in [-0.15, -0.1) is 0 Å². The zero-order valence-corrected chi connectivity index (χ0v) is 38.5. The molecule has 2 aliphatic rings. The molecule has 15 rings (SSSR count). The second-order valence-corrected chi connectivity index (χ2v) is 19.7. The zero-order chi connectivity index (χ0) is 45.3. The highest BCUT2D eigenvalue weighted by molar-refractivity contribution is 7.00. The zero-order valence-electron chi connectivity index (χ0n) is 38.5. The third-order valence-corrected chi connectivity index (χ3v) is 15.3. The summed E-state index contributed by atoms with van der Waals surface area (Å²) in [5.41, 5.74) is 20.7. The Morgan fingerprint density at radius 3 is 1.56 bits per heavy atom. The maximum Gasteiger partial charge on any atom is 0.248 e. The van der Waals surface area contributed by atoms with Gasteiger partial charge >= 0.3 is 0 Å². The summed E-state index contributed by atoms with van der Waals surface area (Å²) in [6.45, 7) is 11.0. The van der Waals surface area contributed by atoms with Crippen LogP contribution < -0.4 is 26.2 Å². The summed E-state index contributed by atoms with van der Waals surface area (Å²) in [6, 6.07) is 63.8. The maximum absolute atomic E-state index is 6.97. The molecule has 5 heteroatoms. The molecule has 11 aromatic carbocycles. The second-order valence-electron chi connectivity index (χ2n) is 19.7. The molecule has 4 heterocycles. The topological polar surface area (TPSA) is 32.8 Å². The first-order valence-electron chi connectivity index (χ1n) is 23.7. The number of benzene rings is 11. The Bertz CT molecular complexity index is 4400. The van der Waals surface area contributed by atoms with Crippen LogP contribution in [0.25, 0.3) is 87.0 Å². The number of fused-ring (bicyclic) bond motifs is 15. The van der Waals surface area contributed by atoms with Gasteiger partial charge in [0.25, 0.3) is 0 Å². The minimum atomic E-state index is -0.0953. The van der Waals surface area contributed by atoms with Crippen LogP contribution in [0.4, 0.5) is 34.1 Å². The number of anilines is 6. The average molecular weight is 871 g/mol. The van der Waals surface area contributed by atoms with Crippen molar-refractivity contribution in [3.63, 3.8) is 0 Å². The lowest BCUT2D eigenvalue weighted by atomic mass is 9.33. The number of hydrogen-bond acceptors (Lipinski definition) is 4. The van der Waals surface area contributed by atoms with Crippen LogP contribution in [0.15, 0.2) is 179 Å². The minimum absolute atomic E-state index is 0.0953. The van der Waals surface area contributed by atoms with Crippen molar-refractivity contribution in [2.45, 2.75) is 34.6 Å². The standard InChI is InChI=1S/C63H43BN2O2/c1-34-14-16-41-24-48-50-31-46(18-19-57(50)67-58(48)29-44(41)22-34)65-54-26-39-10-6-7-11-40(39)27-55(54)66-53-32-51-49-25-42-17-15-35(2)23-45(42)30-59(49)68-60(51)33-52(53)64(61-37(4)20-36(3)21-38(61)5)62-47-13-9-8-12-43(47)28-56(65)63(62)66/h6-33H,1-5H3.